The molecule has 0 aromatic rings. The molecule has 0 aromatic heterocycles. The number of hydrogen-bond donors (Lipinski definition) is 5. The molecule has 29 heteroatoms. The highest BCUT2D eigenvalue weighted by Gasteiger charge is 2.56. The minimum atomic E-state index is -2.55. The summed E-state index contributed by atoms with van der Waals surface area (Å²) >= 11 is 0. The number of methoxy groups -OCH3 is 7. The molecule has 2 amide bonds. The molecule has 29 nitrogen and oxygen atoms in total. The van der Waals surface area contributed by atoms with E-state index in [4.69, 9.17) is 56.8 Å². The van der Waals surface area contributed by atoms with Gasteiger partial charge in [-0.3, -0.25) is 38.4 Å². The molecule has 31 atom stereocenters. The van der Waals surface area contributed by atoms with Gasteiger partial charge in [0.2, 0.25) is 11.6 Å². The summed E-state index contributed by atoms with van der Waals surface area (Å²) in [6.07, 6.45) is 17.7. The number of piperidine rings is 2. The zero-order valence-electron chi connectivity index (χ0n) is 83.6. The number of ether oxygens (including phenoxy) is 12. The molecule has 6 aliphatic heterocycles. The van der Waals surface area contributed by atoms with Gasteiger partial charge in [0.15, 0.2) is 11.6 Å². The van der Waals surface area contributed by atoms with Gasteiger partial charge in [0.1, 0.15) is 60.3 Å². The number of nitrogens with zero attached hydrogens (tertiary/aromatic N) is 2. The van der Waals surface area contributed by atoms with E-state index in [9.17, 15) is 63.9 Å². The average molecular weight is 1880 g/mol. The Hall–Kier alpha value is -6.78. The van der Waals surface area contributed by atoms with Gasteiger partial charge in [-0.25, -0.2) is 9.59 Å². The molecule has 8 aliphatic rings. The average Bonchev–Trinajstić information content (AvgIpc) is 0.772. The lowest BCUT2D eigenvalue weighted by Crippen LogP contribution is -2.61. The number of hydrogen-bond acceptors (Lipinski definition) is 27. The SMILES string of the molecule is COCCC(O[C@@H]1CC[C@@H](C[C@@H](C)[C@@H]2CC(=O)[C@H](C)/C=C(\C)[C@@H](O)[C@@H](OC)C(=O)[C@H](C)C[C@H](C)/C=C/C=C/C=C(\C)[C@@H](OC)C[C@@H]3CC[C@@H](C)[C@@](O)(O3)C(=O)C(=O)N3CCCC[C@H]3C(=O)O2)C[C@H]1OC)[C@@H]1/C=C/C=C/C=C(\C)[C@@H](OC)C[C@@H]2CC[C@@H](C)[C@@](O)(O2)C(=O)C(=O)N2CCCC[C@H]2C(=O)O[C@H]([C@H](C)C[C@@H]2CC[C@@H](O)[C@H](OC)C2)CC(=O)[C@H](C)/C=C(\C)[C@@H](O)[C@@H](OC)C(=O)[C@H](C)C1. The van der Waals surface area contributed by atoms with E-state index in [2.05, 4.69) is 0 Å². The summed E-state index contributed by atoms with van der Waals surface area (Å²) < 4.78 is 74.4. The van der Waals surface area contributed by atoms with Crippen molar-refractivity contribution in [2.45, 2.75) is 366 Å². The fraction of sp³-hybridized carbons (Fsp3) is 0.752. The van der Waals surface area contributed by atoms with Crippen molar-refractivity contribution in [2.75, 3.05) is 69.5 Å². The Morgan fingerprint density at radius 3 is 1.32 bits per heavy atom. The lowest BCUT2D eigenvalue weighted by molar-refractivity contribution is -0.265. The van der Waals surface area contributed by atoms with Crippen molar-refractivity contribution < 1.29 is 130 Å². The monoisotopic (exact) mass is 1880 g/mol. The molecular formula is C105H162N2O27. The number of fused-ring (bicyclic) bond motifs is 6. The number of allylic oxidation sites excluding steroid dienone is 11. The molecule has 0 aromatic carbocycles. The number of ketones is 6. The molecule has 0 radical (unpaired) electrons. The van der Waals surface area contributed by atoms with Gasteiger partial charge >= 0.3 is 11.9 Å². The smallest absolute Gasteiger partial charge is 0.329 e. The zero-order chi connectivity index (χ0) is 98.8. The van der Waals surface area contributed by atoms with E-state index < -0.39 is 210 Å². The van der Waals surface area contributed by atoms with Gasteiger partial charge in [0.05, 0.1) is 54.9 Å². The number of amides is 2. The normalized spacial score (nSPS) is 39.9. The summed E-state index contributed by atoms with van der Waals surface area (Å²) in [5.74, 6) is -19.1. The zero-order valence-corrected chi connectivity index (χ0v) is 83.6. The molecule has 1 unspecified atom stereocenters. The number of rotatable bonds is 18. The van der Waals surface area contributed by atoms with Crippen LogP contribution in [-0.4, -0.2) is 278 Å². The number of carbonyl (C=O) groups is 10. The van der Waals surface area contributed by atoms with Crippen LogP contribution in [0.25, 0.3) is 0 Å². The summed E-state index contributed by atoms with van der Waals surface area (Å²) in [5, 5.41) is 59.6. The summed E-state index contributed by atoms with van der Waals surface area (Å²) in [7, 11) is 10.5. The molecule has 4 saturated heterocycles. The van der Waals surface area contributed by atoms with Crippen LogP contribution in [0, 0.1) is 71.0 Å². The highest BCUT2D eigenvalue weighted by atomic mass is 16.6. The molecule has 0 spiro atoms. The second-order valence-corrected chi connectivity index (χ2v) is 40.3. The Balaban J connectivity index is 1.09. The summed E-state index contributed by atoms with van der Waals surface area (Å²) in [5.41, 5.74) is 2.20. The summed E-state index contributed by atoms with van der Waals surface area (Å²) in [6, 6.07) is -2.50. The minimum absolute atomic E-state index is 0.00108. The van der Waals surface area contributed by atoms with E-state index in [1.165, 1.54) is 24.0 Å². The van der Waals surface area contributed by atoms with E-state index >= 15 is 9.59 Å². The highest BCUT2D eigenvalue weighted by molar-refractivity contribution is 6.39. The number of esters is 2. The molecule has 2 aliphatic carbocycles. The maximum atomic E-state index is 15.2. The van der Waals surface area contributed by atoms with E-state index in [-0.39, 0.29) is 105 Å². The van der Waals surface area contributed by atoms with Crippen LogP contribution < -0.4 is 0 Å². The quantitative estimate of drug-likeness (QED) is 0.0483. The number of aliphatic hydroxyl groups excluding tert-OH is 3. The van der Waals surface area contributed by atoms with E-state index in [1.807, 2.05) is 95.4 Å². The van der Waals surface area contributed by atoms with Crippen LogP contribution in [0.15, 0.2) is 95.2 Å². The van der Waals surface area contributed by atoms with Gasteiger partial charge in [0, 0.05) is 137 Å². The van der Waals surface area contributed by atoms with Gasteiger partial charge in [-0.1, -0.05) is 135 Å². The minimum Gasteiger partial charge on any atom is -0.460 e. The van der Waals surface area contributed by atoms with Crippen LogP contribution >= 0.6 is 0 Å². The van der Waals surface area contributed by atoms with Crippen LogP contribution in [0.4, 0.5) is 0 Å². The largest absolute Gasteiger partial charge is 0.460 e. The van der Waals surface area contributed by atoms with Crippen LogP contribution in [0.3, 0.4) is 0 Å². The number of Topliss-reactive ketones (excluding diaryl/α,β-unsaturated/α-hetero) is 6. The Morgan fingerprint density at radius 2 is 0.888 bits per heavy atom. The standard InChI is InChI=1S/C105H162N2O27/c1-61-31-23-21-24-32-62(2)86(124-15)57-77-41-37-72(12)104(121,133-77)99(116)101(118)107-47-30-28-36-80(107)103(120)132-89(60-83(110)64(4)50-69(9)93(112)96(128-19)92(111)68(8)49-61)67(7)53-75-40-44-85(91(56-75)127-18)130-84(45-48-123-14)76-34-26-22-25-33-63(3)87(125-16)58-78-42-38-73(13)105(122,134-78)98(115)100(117)106-46-29-27-35-79(106)102(119)131-88(66(6)52-74-39-43-81(108)90(55-74)126-17)59-82(109)65(5)51-70(10)94(113)97(129-20)95(114)71(11)54-76/h21-26,31-34,50-51,61,64-68,71-81,84-91,93-94,96-97,108,112-113,121-122H,27-30,35-49,52-60H2,1-20H3/b24-21+,25-22+,31-23+,34-26+,62-32+,63-33+,69-50+,70-51+/t61-,64-,65-,66-,67-,68-,71-,72-,73-,74+,75+,76-,77+,78+,79+,80+,81-,84?,85-,86+,87+,88+,89+,90-,91-,93-,94-,96+,97-,104-,105-/m1/s1. The van der Waals surface area contributed by atoms with Crippen molar-refractivity contribution in [1.29, 1.82) is 0 Å². The molecule has 6 fully saturated rings. The van der Waals surface area contributed by atoms with Crippen LogP contribution in [-0.2, 0) is 105 Å². The molecule has 2 saturated carbocycles. The molecular weight excluding hydrogens is 1720 g/mol. The maximum absolute atomic E-state index is 15.2. The third-order valence-electron chi connectivity index (χ3n) is 30.2. The lowest BCUT2D eigenvalue weighted by Gasteiger charge is -2.43. The molecule has 8 rings (SSSR count). The Morgan fingerprint density at radius 1 is 0.455 bits per heavy atom. The lowest BCUT2D eigenvalue weighted by atomic mass is 9.78. The highest BCUT2D eigenvalue weighted by Crippen LogP contribution is 2.43. The van der Waals surface area contributed by atoms with Gasteiger partial charge in [-0.2, -0.15) is 0 Å². The van der Waals surface area contributed by atoms with Crippen molar-refractivity contribution in [1.82, 2.24) is 9.80 Å². The van der Waals surface area contributed by atoms with Gasteiger partial charge in [-0.05, 0) is 214 Å². The summed E-state index contributed by atoms with van der Waals surface area (Å²) in [6.45, 7) is 23.2. The van der Waals surface area contributed by atoms with Crippen molar-refractivity contribution in [3.05, 3.63) is 95.2 Å². The fourth-order valence-electron chi connectivity index (χ4n) is 21.3. The van der Waals surface area contributed by atoms with Crippen LogP contribution in [0.5, 0.6) is 0 Å². The van der Waals surface area contributed by atoms with Crippen molar-refractivity contribution in [2.24, 2.45) is 71.0 Å². The molecule has 6 heterocycles. The second-order valence-electron chi connectivity index (χ2n) is 40.3. The molecule has 5 N–H and O–H groups in total. The third-order valence-corrected chi connectivity index (χ3v) is 30.2. The van der Waals surface area contributed by atoms with E-state index in [0.29, 0.717) is 121 Å². The topological polar surface area (TPSA) is 389 Å². The van der Waals surface area contributed by atoms with Crippen LogP contribution in [0.1, 0.15) is 251 Å². The van der Waals surface area contributed by atoms with Gasteiger partial charge in [0.25, 0.3) is 23.4 Å². The molecule has 134 heavy (non-hydrogen) atoms. The fourth-order valence-corrected chi connectivity index (χ4v) is 21.3. The Labute approximate surface area is 796 Å². The third kappa shape index (κ3) is 30.1. The second kappa shape index (κ2) is 53.6. The van der Waals surface area contributed by atoms with Crippen molar-refractivity contribution >= 4 is 58.5 Å². The number of aliphatic hydroxyl groups is 5. The predicted octanol–water partition coefficient (Wildman–Crippen LogP) is 12.8. The first-order valence-electron chi connectivity index (χ1n) is 49.4. The summed E-state index contributed by atoms with van der Waals surface area (Å²) in [4.78, 5) is 150. The van der Waals surface area contributed by atoms with Crippen molar-refractivity contribution in [3.8, 4) is 0 Å². The number of cyclic esters (lactones) is 2. The molecule has 754 valence electrons. The maximum Gasteiger partial charge on any atom is 0.329 e. The predicted molar refractivity (Wildman–Crippen MR) is 504 cm³/mol. The van der Waals surface area contributed by atoms with E-state index in [1.54, 1.807) is 103 Å². The molecule has 4 bridgehead atoms. The van der Waals surface area contributed by atoms with Gasteiger partial charge < -0.3 is 92.2 Å². The number of carbonyl (C=O) groups excluding carboxylic acids is 10. The van der Waals surface area contributed by atoms with E-state index in [0.717, 1.165) is 11.1 Å². The first-order valence-corrected chi connectivity index (χ1v) is 49.4. The van der Waals surface area contributed by atoms with Crippen LogP contribution in [0.2, 0.25) is 0 Å². The first kappa shape index (κ1) is 113. The Kier molecular flexibility index (Phi) is 45.0. The Bertz CT molecular complexity index is 4150. The van der Waals surface area contributed by atoms with Crippen molar-refractivity contribution in [3.63, 3.8) is 0 Å². The van der Waals surface area contributed by atoms with Gasteiger partial charge in [-0.15, -0.1) is 0 Å². The first-order chi connectivity index (χ1) is 63.6.